The molecule has 0 aliphatic carbocycles. The maximum absolute atomic E-state index is 5.66. The molecule has 0 spiro atoms. The van der Waals surface area contributed by atoms with E-state index >= 15 is 0 Å². The Labute approximate surface area is 124 Å². The molecule has 3 rings (SSSR count). The summed E-state index contributed by atoms with van der Waals surface area (Å²) < 4.78 is 11.3. The first-order valence-corrected chi connectivity index (χ1v) is 7.12. The fourth-order valence-corrected chi connectivity index (χ4v) is 2.34. The van der Waals surface area contributed by atoms with Crippen LogP contribution in [0.4, 0.5) is 5.95 Å². The molecule has 2 heterocycles. The number of benzene rings is 1. The van der Waals surface area contributed by atoms with E-state index in [0.29, 0.717) is 18.4 Å². The Kier molecular flexibility index (Phi) is 3.64. The summed E-state index contributed by atoms with van der Waals surface area (Å²) in [5.74, 6) is 2.07. The van der Waals surface area contributed by atoms with Gasteiger partial charge in [0.2, 0.25) is 11.8 Å². The molecule has 1 aliphatic rings. The predicted molar refractivity (Wildman–Crippen MR) is 80.8 cm³/mol. The van der Waals surface area contributed by atoms with E-state index in [2.05, 4.69) is 21.4 Å². The van der Waals surface area contributed by atoms with Crippen molar-refractivity contribution in [2.45, 2.75) is 32.9 Å². The van der Waals surface area contributed by atoms with Crippen LogP contribution in [0.5, 0.6) is 11.6 Å². The van der Waals surface area contributed by atoms with Crippen LogP contribution < -0.4 is 14.8 Å². The first kappa shape index (κ1) is 13.7. The van der Waals surface area contributed by atoms with Crippen LogP contribution in [-0.4, -0.2) is 22.7 Å². The van der Waals surface area contributed by atoms with Crippen LogP contribution in [0.2, 0.25) is 0 Å². The van der Waals surface area contributed by atoms with Crippen molar-refractivity contribution in [1.29, 1.82) is 0 Å². The molecule has 5 nitrogen and oxygen atoms in total. The molecule has 1 atom stereocenters. The number of hydrogen-bond donors (Lipinski definition) is 1. The quantitative estimate of drug-likeness (QED) is 0.935. The number of anilines is 1. The second-order valence-electron chi connectivity index (χ2n) is 5.38. The first-order valence-electron chi connectivity index (χ1n) is 7.12. The summed E-state index contributed by atoms with van der Waals surface area (Å²) in [4.78, 5) is 8.83. The van der Waals surface area contributed by atoms with Crippen LogP contribution in [-0.2, 0) is 0 Å². The normalized spacial score (nSPS) is 16.5. The second-order valence-corrected chi connectivity index (χ2v) is 5.38. The molecule has 21 heavy (non-hydrogen) atoms. The Hall–Kier alpha value is -2.30. The molecule has 0 amide bonds. The average Bonchev–Trinajstić information content (AvgIpc) is 2.81. The van der Waals surface area contributed by atoms with E-state index in [0.717, 1.165) is 17.0 Å². The minimum absolute atomic E-state index is 0.0647. The van der Waals surface area contributed by atoms with E-state index in [9.17, 15) is 0 Å². The lowest BCUT2D eigenvalue weighted by molar-refractivity contribution is 0.232. The molecule has 1 aromatic carbocycles. The highest BCUT2D eigenvalue weighted by Crippen LogP contribution is 2.33. The molecule has 110 valence electrons. The van der Waals surface area contributed by atoms with E-state index in [4.69, 9.17) is 9.47 Å². The van der Waals surface area contributed by atoms with E-state index in [-0.39, 0.29) is 12.1 Å². The Balaban J connectivity index is 1.81. The molecule has 1 aromatic heterocycles. The van der Waals surface area contributed by atoms with Gasteiger partial charge in [-0.25, -0.2) is 4.98 Å². The third-order valence-corrected chi connectivity index (χ3v) is 3.19. The third-order valence-electron chi connectivity index (χ3n) is 3.19. The molecular formula is C16H19N3O2. The van der Waals surface area contributed by atoms with Crippen molar-refractivity contribution in [3.8, 4) is 11.6 Å². The summed E-state index contributed by atoms with van der Waals surface area (Å²) in [6, 6.07) is 9.91. The van der Waals surface area contributed by atoms with Gasteiger partial charge in [0.25, 0.3) is 0 Å². The van der Waals surface area contributed by atoms with Crippen LogP contribution in [0.3, 0.4) is 0 Å². The number of hydrogen-bond acceptors (Lipinski definition) is 5. The highest BCUT2D eigenvalue weighted by molar-refractivity contribution is 5.44. The number of nitrogens with zero attached hydrogens (tertiary/aromatic N) is 2. The van der Waals surface area contributed by atoms with Gasteiger partial charge in [0.05, 0.1) is 12.1 Å². The van der Waals surface area contributed by atoms with Crippen LogP contribution in [0.15, 0.2) is 30.3 Å². The standard InChI is InChI=1S/C16H19N3O2/c1-10(2)21-15-8-11(3)17-16(19-15)18-13-9-20-14-7-5-4-6-12(13)14/h4-8,10,13H,9H2,1-3H3,(H,17,18,19). The first-order chi connectivity index (χ1) is 10.1. The predicted octanol–water partition coefficient (Wildman–Crippen LogP) is 3.12. The fourth-order valence-electron chi connectivity index (χ4n) is 2.34. The van der Waals surface area contributed by atoms with Gasteiger partial charge in [0.1, 0.15) is 12.4 Å². The zero-order valence-corrected chi connectivity index (χ0v) is 12.5. The topological polar surface area (TPSA) is 56.3 Å². The van der Waals surface area contributed by atoms with Crippen LogP contribution >= 0.6 is 0 Å². The molecule has 0 fully saturated rings. The lowest BCUT2D eigenvalue weighted by Crippen LogP contribution is -2.15. The maximum atomic E-state index is 5.66. The van der Waals surface area contributed by atoms with Gasteiger partial charge in [-0.05, 0) is 26.8 Å². The Morgan fingerprint density at radius 1 is 1.29 bits per heavy atom. The molecule has 5 heteroatoms. The van der Waals surface area contributed by atoms with Gasteiger partial charge in [-0.2, -0.15) is 4.98 Å². The van der Waals surface area contributed by atoms with Crippen molar-refractivity contribution >= 4 is 5.95 Å². The summed E-state index contributed by atoms with van der Waals surface area (Å²) >= 11 is 0. The Morgan fingerprint density at radius 2 is 2.10 bits per heavy atom. The van der Waals surface area contributed by atoms with Gasteiger partial charge in [-0.1, -0.05) is 18.2 Å². The largest absolute Gasteiger partial charge is 0.491 e. The van der Waals surface area contributed by atoms with E-state index in [1.54, 1.807) is 0 Å². The number of rotatable bonds is 4. The zero-order chi connectivity index (χ0) is 14.8. The number of nitrogens with one attached hydrogen (secondary N) is 1. The smallest absolute Gasteiger partial charge is 0.226 e. The van der Waals surface area contributed by atoms with Crippen molar-refractivity contribution in [3.05, 3.63) is 41.6 Å². The summed E-state index contributed by atoms with van der Waals surface area (Å²) in [6.07, 6.45) is 0.0858. The SMILES string of the molecule is Cc1cc(OC(C)C)nc(NC2COc3ccccc32)n1. The summed E-state index contributed by atoms with van der Waals surface area (Å²) in [5.41, 5.74) is 2.00. The van der Waals surface area contributed by atoms with Gasteiger partial charge in [0.15, 0.2) is 0 Å². The molecule has 1 aliphatic heterocycles. The van der Waals surface area contributed by atoms with E-state index in [1.807, 2.05) is 45.0 Å². The lowest BCUT2D eigenvalue weighted by atomic mass is 10.1. The zero-order valence-electron chi connectivity index (χ0n) is 12.5. The summed E-state index contributed by atoms with van der Waals surface area (Å²) in [6.45, 7) is 6.47. The van der Waals surface area contributed by atoms with Crippen molar-refractivity contribution in [2.75, 3.05) is 11.9 Å². The molecule has 0 radical (unpaired) electrons. The molecule has 0 saturated heterocycles. The van der Waals surface area contributed by atoms with Crippen LogP contribution in [0.25, 0.3) is 0 Å². The molecule has 0 bridgehead atoms. The number of para-hydroxylation sites is 1. The van der Waals surface area contributed by atoms with Gasteiger partial charge in [-0.15, -0.1) is 0 Å². The fraction of sp³-hybridized carbons (Fsp3) is 0.375. The van der Waals surface area contributed by atoms with Crippen molar-refractivity contribution in [1.82, 2.24) is 9.97 Å². The monoisotopic (exact) mass is 285 g/mol. The Morgan fingerprint density at radius 3 is 2.90 bits per heavy atom. The second kappa shape index (κ2) is 5.60. The highest BCUT2D eigenvalue weighted by atomic mass is 16.5. The van der Waals surface area contributed by atoms with Gasteiger partial charge in [0, 0.05) is 17.3 Å². The maximum Gasteiger partial charge on any atom is 0.226 e. The highest BCUT2D eigenvalue weighted by Gasteiger charge is 2.24. The Bertz CT molecular complexity index is 643. The number of aryl methyl sites for hydroxylation is 1. The van der Waals surface area contributed by atoms with Crippen LogP contribution in [0.1, 0.15) is 31.1 Å². The average molecular weight is 285 g/mol. The summed E-state index contributed by atoms with van der Waals surface area (Å²) in [7, 11) is 0. The van der Waals surface area contributed by atoms with Gasteiger partial charge < -0.3 is 14.8 Å². The minimum Gasteiger partial charge on any atom is -0.491 e. The molecular weight excluding hydrogens is 266 g/mol. The molecule has 2 aromatic rings. The van der Waals surface area contributed by atoms with Crippen molar-refractivity contribution in [2.24, 2.45) is 0 Å². The van der Waals surface area contributed by atoms with Crippen molar-refractivity contribution in [3.63, 3.8) is 0 Å². The molecule has 1 N–H and O–H groups in total. The molecule has 0 saturated carbocycles. The van der Waals surface area contributed by atoms with Crippen LogP contribution in [0, 0.1) is 6.92 Å². The number of aromatic nitrogens is 2. The van der Waals surface area contributed by atoms with Gasteiger partial charge >= 0.3 is 0 Å². The number of fused-ring (bicyclic) bond motifs is 1. The van der Waals surface area contributed by atoms with E-state index in [1.165, 1.54) is 0 Å². The minimum atomic E-state index is 0.0647. The van der Waals surface area contributed by atoms with E-state index < -0.39 is 0 Å². The molecule has 1 unspecified atom stereocenters. The lowest BCUT2D eigenvalue weighted by Gasteiger charge is -2.14. The summed E-state index contributed by atoms with van der Waals surface area (Å²) in [5, 5.41) is 3.32. The number of ether oxygens (including phenoxy) is 2. The van der Waals surface area contributed by atoms with Gasteiger partial charge in [-0.3, -0.25) is 0 Å². The third kappa shape index (κ3) is 3.07. The van der Waals surface area contributed by atoms with Crippen molar-refractivity contribution < 1.29 is 9.47 Å².